The lowest BCUT2D eigenvalue weighted by Crippen LogP contribution is -1.88. The van der Waals surface area contributed by atoms with Gasteiger partial charge in [0.2, 0.25) is 0 Å². The zero-order chi connectivity index (χ0) is 7.82. The molecule has 0 atom stereocenters. The summed E-state index contributed by atoms with van der Waals surface area (Å²) < 4.78 is 0. The Balaban J connectivity index is 4.04. The van der Waals surface area contributed by atoms with Gasteiger partial charge in [-0.1, -0.05) is 13.0 Å². The van der Waals surface area contributed by atoms with E-state index in [0.717, 1.165) is 12.3 Å². The van der Waals surface area contributed by atoms with Gasteiger partial charge in [-0.15, -0.1) is 0 Å². The Hall–Kier alpha value is -0.920. The first-order valence-electron chi connectivity index (χ1n) is 3.51. The lowest BCUT2D eigenvalue weighted by molar-refractivity contribution is 1.23. The minimum atomic E-state index is 0.876. The van der Waals surface area contributed by atoms with Crippen molar-refractivity contribution in [3.8, 4) is 0 Å². The van der Waals surface area contributed by atoms with Gasteiger partial charge in [0.1, 0.15) is 5.84 Å². The molecule has 0 aliphatic rings. The van der Waals surface area contributed by atoms with E-state index in [1.165, 1.54) is 0 Å². The summed E-state index contributed by atoms with van der Waals surface area (Å²) in [5.74, 6) is 0.876. The van der Waals surface area contributed by atoms with Crippen LogP contribution in [0.25, 0.3) is 0 Å². The van der Waals surface area contributed by atoms with E-state index in [9.17, 15) is 0 Å². The summed E-state index contributed by atoms with van der Waals surface area (Å²) in [5.41, 5.74) is 0. The summed E-state index contributed by atoms with van der Waals surface area (Å²) in [4.78, 5) is 8.14. The minimum Gasteiger partial charge on any atom is -0.246 e. The van der Waals surface area contributed by atoms with Gasteiger partial charge in [0.05, 0.1) is 0 Å². The van der Waals surface area contributed by atoms with E-state index in [1.54, 1.807) is 12.4 Å². The molecule has 0 aromatic rings. The highest BCUT2D eigenvalue weighted by Crippen LogP contribution is 1.88. The third-order valence-corrected chi connectivity index (χ3v) is 0.967. The van der Waals surface area contributed by atoms with Crippen molar-refractivity contribution in [2.24, 2.45) is 9.98 Å². The third kappa shape index (κ3) is 4.01. The molecule has 0 aromatic carbocycles. The number of amidine groups is 1. The summed E-state index contributed by atoms with van der Waals surface area (Å²) in [5, 5.41) is 0. The van der Waals surface area contributed by atoms with E-state index in [4.69, 9.17) is 0 Å². The number of nitrogens with zero attached hydrogens (tertiary/aromatic N) is 2. The maximum absolute atomic E-state index is 4.09. The van der Waals surface area contributed by atoms with Crippen LogP contribution in [0.15, 0.2) is 22.3 Å². The molecule has 0 amide bonds. The van der Waals surface area contributed by atoms with Crippen LogP contribution < -0.4 is 0 Å². The van der Waals surface area contributed by atoms with Gasteiger partial charge in [-0.3, -0.25) is 0 Å². The average Bonchev–Trinajstić information content (AvgIpc) is 1.98. The fraction of sp³-hybridized carbons (Fsp3) is 0.500. The molecular weight excluding hydrogens is 124 g/mol. The Labute approximate surface area is 62.4 Å². The molecule has 0 spiro atoms. The van der Waals surface area contributed by atoms with E-state index >= 15 is 0 Å². The van der Waals surface area contributed by atoms with Crippen molar-refractivity contribution < 1.29 is 0 Å². The molecule has 0 heterocycles. The van der Waals surface area contributed by atoms with Gasteiger partial charge in [0.25, 0.3) is 0 Å². The van der Waals surface area contributed by atoms with Crippen LogP contribution in [0.4, 0.5) is 0 Å². The Morgan fingerprint density at radius 2 is 2.10 bits per heavy atom. The van der Waals surface area contributed by atoms with E-state index in [0.29, 0.717) is 0 Å². The first kappa shape index (κ1) is 9.08. The molecule has 0 saturated carbocycles. The highest BCUT2D eigenvalue weighted by molar-refractivity contribution is 5.89. The molecule has 2 heteroatoms. The van der Waals surface area contributed by atoms with Crippen LogP contribution in [-0.4, -0.2) is 12.1 Å². The second-order valence-corrected chi connectivity index (χ2v) is 1.77. The Bertz CT molecular complexity index is 155. The van der Waals surface area contributed by atoms with Crippen molar-refractivity contribution in [1.29, 1.82) is 0 Å². The largest absolute Gasteiger partial charge is 0.246 e. The van der Waals surface area contributed by atoms with E-state index < -0.39 is 0 Å². The third-order valence-electron chi connectivity index (χ3n) is 0.967. The maximum Gasteiger partial charge on any atom is 0.127 e. The Kier molecular flexibility index (Phi) is 5.63. The molecule has 0 aromatic heterocycles. The van der Waals surface area contributed by atoms with Crippen LogP contribution >= 0.6 is 0 Å². The fourth-order valence-corrected chi connectivity index (χ4v) is 0.526. The summed E-state index contributed by atoms with van der Waals surface area (Å²) >= 11 is 0. The fourth-order valence-electron chi connectivity index (χ4n) is 0.526. The first-order valence-corrected chi connectivity index (χ1v) is 3.51. The zero-order valence-electron chi connectivity index (χ0n) is 6.83. The van der Waals surface area contributed by atoms with E-state index in [1.807, 2.05) is 26.8 Å². The molecule has 0 aliphatic heterocycles. The van der Waals surface area contributed by atoms with Crippen LogP contribution in [0.3, 0.4) is 0 Å². The number of aliphatic imine (C=N–C) groups is 2. The van der Waals surface area contributed by atoms with Gasteiger partial charge in [0.15, 0.2) is 0 Å². The summed E-state index contributed by atoms with van der Waals surface area (Å²) in [7, 11) is 0. The predicted molar refractivity (Wildman–Crippen MR) is 46.7 cm³/mol. The van der Waals surface area contributed by atoms with Crippen molar-refractivity contribution in [1.82, 2.24) is 0 Å². The smallest absolute Gasteiger partial charge is 0.127 e. The van der Waals surface area contributed by atoms with Crippen LogP contribution in [0.1, 0.15) is 27.2 Å². The van der Waals surface area contributed by atoms with Crippen molar-refractivity contribution in [3.05, 3.63) is 12.3 Å². The zero-order valence-corrected chi connectivity index (χ0v) is 6.83. The molecule has 2 nitrogen and oxygen atoms in total. The summed E-state index contributed by atoms with van der Waals surface area (Å²) in [6, 6.07) is 0. The minimum absolute atomic E-state index is 0.876. The SMILES string of the molecule is CC=NC(CC)=N/C=C\C. The molecular formula is C8H14N2. The Morgan fingerprint density at radius 3 is 2.50 bits per heavy atom. The van der Waals surface area contributed by atoms with Gasteiger partial charge in [0, 0.05) is 18.8 Å². The van der Waals surface area contributed by atoms with Crippen LogP contribution in [0.5, 0.6) is 0 Å². The predicted octanol–water partition coefficient (Wildman–Crippen LogP) is 2.42. The first-order chi connectivity index (χ1) is 4.85. The molecule has 56 valence electrons. The summed E-state index contributed by atoms with van der Waals surface area (Å²) in [6.45, 7) is 5.86. The van der Waals surface area contributed by atoms with Crippen LogP contribution in [0.2, 0.25) is 0 Å². The van der Waals surface area contributed by atoms with Gasteiger partial charge in [-0.2, -0.15) is 0 Å². The second-order valence-electron chi connectivity index (χ2n) is 1.77. The normalized spacial score (nSPS) is 13.7. The van der Waals surface area contributed by atoms with E-state index in [-0.39, 0.29) is 0 Å². The van der Waals surface area contributed by atoms with Crippen molar-refractivity contribution in [2.75, 3.05) is 0 Å². The highest BCUT2D eigenvalue weighted by Gasteiger charge is 1.84. The molecule has 0 radical (unpaired) electrons. The maximum atomic E-state index is 4.09. The van der Waals surface area contributed by atoms with Crippen LogP contribution in [0, 0.1) is 0 Å². The monoisotopic (exact) mass is 138 g/mol. The number of allylic oxidation sites excluding steroid dienone is 1. The molecule has 0 rings (SSSR count). The molecule has 0 aliphatic carbocycles. The Morgan fingerprint density at radius 1 is 1.40 bits per heavy atom. The molecule has 0 saturated heterocycles. The van der Waals surface area contributed by atoms with Gasteiger partial charge < -0.3 is 0 Å². The topological polar surface area (TPSA) is 24.7 Å². The van der Waals surface area contributed by atoms with Crippen molar-refractivity contribution >= 4 is 12.1 Å². The molecule has 10 heavy (non-hydrogen) atoms. The molecule has 0 fully saturated rings. The van der Waals surface area contributed by atoms with Gasteiger partial charge in [-0.05, 0) is 13.8 Å². The van der Waals surface area contributed by atoms with Crippen molar-refractivity contribution in [3.63, 3.8) is 0 Å². The molecule has 0 N–H and O–H groups in total. The lowest BCUT2D eigenvalue weighted by atomic mass is 10.4. The second kappa shape index (κ2) is 6.20. The molecule has 0 unspecified atom stereocenters. The summed E-state index contributed by atoms with van der Waals surface area (Å²) in [6.07, 6.45) is 6.28. The quantitative estimate of drug-likeness (QED) is 0.413. The standard InChI is InChI=1S/C8H14N2/c1-4-7-10-8(5-2)9-6-3/h4,6-7H,5H2,1-3H3/b7-4-,9-6?,10-8?. The highest BCUT2D eigenvalue weighted by atomic mass is 14.9. The number of rotatable bonds is 2. The van der Waals surface area contributed by atoms with Gasteiger partial charge in [-0.25, -0.2) is 9.98 Å². The van der Waals surface area contributed by atoms with Gasteiger partial charge >= 0.3 is 0 Å². The van der Waals surface area contributed by atoms with Crippen LogP contribution in [-0.2, 0) is 0 Å². The lowest BCUT2D eigenvalue weighted by Gasteiger charge is -1.89. The van der Waals surface area contributed by atoms with Crippen molar-refractivity contribution in [2.45, 2.75) is 27.2 Å². The van der Waals surface area contributed by atoms with E-state index in [2.05, 4.69) is 9.98 Å². The average molecular weight is 138 g/mol. The molecule has 0 bridgehead atoms. The number of hydrogen-bond donors (Lipinski definition) is 0. The number of hydrogen-bond acceptors (Lipinski definition) is 1.